The van der Waals surface area contributed by atoms with Crippen molar-refractivity contribution in [2.45, 2.75) is 19.6 Å². The summed E-state index contributed by atoms with van der Waals surface area (Å²) in [6, 6.07) is 17.7. The SMILES string of the molecule is CCN(Cc1ccccc1)C(=O)c1cc(Nc2ccccc2C(F)(F)F)ccn1. The number of rotatable bonds is 6. The highest BCUT2D eigenvalue weighted by atomic mass is 19.4. The van der Waals surface area contributed by atoms with E-state index in [0.29, 0.717) is 18.8 Å². The van der Waals surface area contributed by atoms with E-state index >= 15 is 0 Å². The first-order chi connectivity index (χ1) is 13.9. The number of alkyl halides is 3. The van der Waals surface area contributed by atoms with Crippen molar-refractivity contribution in [3.63, 3.8) is 0 Å². The Morgan fingerprint density at radius 2 is 1.72 bits per heavy atom. The molecule has 1 amide bonds. The number of amides is 1. The van der Waals surface area contributed by atoms with Gasteiger partial charge in [0.1, 0.15) is 5.69 Å². The van der Waals surface area contributed by atoms with Crippen molar-refractivity contribution in [2.24, 2.45) is 0 Å². The summed E-state index contributed by atoms with van der Waals surface area (Å²) in [6.07, 6.45) is -3.08. The molecule has 3 rings (SSSR count). The summed E-state index contributed by atoms with van der Waals surface area (Å²) < 4.78 is 39.6. The first-order valence-electron chi connectivity index (χ1n) is 9.11. The monoisotopic (exact) mass is 399 g/mol. The second-order valence-electron chi connectivity index (χ2n) is 6.40. The minimum absolute atomic E-state index is 0.0822. The van der Waals surface area contributed by atoms with E-state index in [1.165, 1.54) is 36.5 Å². The molecule has 0 unspecified atom stereocenters. The quantitative estimate of drug-likeness (QED) is 0.595. The second kappa shape index (κ2) is 8.77. The van der Waals surface area contributed by atoms with Gasteiger partial charge in [0.2, 0.25) is 0 Å². The molecule has 0 aliphatic heterocycles. The van der Waals surface area contributed by atoms with E-state index in [0.717, 1.165) is 11.6 Å². The highest BCUT2D eigenvalue weighted by Gasteiger charge is 2.33. The molecule has 7 heteroatoms. The lowest BCUT2D eigenvalue weighted by molar-refractivity contribution is -0.136. The number of nitrogens with one attached hydrogen (secondary N) is 1. The van der Waals surface area contributed by atoms with E-state index in [9.17, 15) is 18.0 Å². The molecule has 1 heterocycles. The predicted octanol–water partition coefficient (Wildman–Crippen LogP) is 5.51. The molecular formula is C22H20F3N3O. The van der Waals surface area contributed by atoms with Crippen molar-refractivity contribution >= 4 is 17.3 Å². The lowest BCUT2D eigenvalue weighted by Gasteiger charge is -2.21. The van der Waals surface area contributed by atoms with Gasteiger partial charge in [-0.05, 0) is 36.8 Å². The Morgan fingerprint density at radius 3 is 2.41 bits per heavy atom. The van der Waals surface area contributed by atoms with Gasteiger partial charge in [-0.1, -0.05) is 42.5 Å². The maximum absolute atomic E-state index is 13.2. The van der Waals surface area contributed by atoms with Crippen molar-refractivity contribution in [1.29, 1.82) is 0 Å². The zero-order chi connectivity index (χ0) is 20.9. The van der Waals surface area contributed by atoms with E-state index in [2.05, 4.69) is 10.3 Å². The first kappa shape index (κ1) is 20.4. The lowest BCUT2D eigenvalue weighted by Crippen LogP contribution is -2.31. The van der Waals surface area contributed by atoms with Crippen LogP contribution in [0.2, 0.25) is 0 Å². The topological polar surface area (TPSA) is 45.2 Å². The van der Waals surface area contributed by atoms with Crippen LogP contribution < -0.4 is 5.32 Å². The number of carbonyl (C=O) groups is 1. The molecule has 29 heavy (non-hydrogen) atoms. The molecule has 3 aromatic rings. The van der Waals surface area contributed by atoms with Crippen molar-refractivity contribution in [3.8, 4) is 0 Å². The van der Waals surface area contributed by atoms with Crippen molar-refractivity contribution in [3.05, 3.63) is 89.7 Å². The molecule has 150 valence electrons. The van der Waals surface area contributed by atoms with Gasteiger partial charge < -0.3 is 10.2 Å². The van der Waals surface area contributed by atoms with Crippen LogP contribution >= 0.6 is 0 Å². The summed E-state index contributed by atoms with van der Waals surface area (Å²) in [4.78, 5) is 18.6. The summed E-state index contributed by atoms with van der Waals surface area (Å²) in [6.45, 7) is 2.76. The summed E-state index contributed by atoms with van der Waals surface area (Å²) in [5.41, 5.74) is 0.648. The fourth-order valence-electron chi connectivity index (χ4n) is 2.91. The number of halogens is 3. The van der Waals surface area contributed by atoms with Crippen molar-refractivity contribution in [2.75, 3.05) is 11.9 Å². The zero-order valence-corrected chi connectivity index (χ0v) is 15.8. The van der Waals surface area contributed by atoms with Crippen molar-refractivity contribution < 1.29 is 18.0 Å². The molecule has 1 aromatic heterocycles. The van der Waals surface area contributed by atoms with Crippen LogP contribution in [0.1, 0.15) is 28.5 Å². The van der Waals surface area contributed by atoms with Gasteiger partial charge in [0.05, 0.1) is 11.3 Å². The van der Waals surface area contributed by atoms with Gasteiger partial charge in [-0.15, -0.1) is 0 Å². The molecular weight excluding hydrogens is 379 g/mol. The highest BCUT2D eigenvalue weighted by Crippen LogP contribution is 2.35. The number of pyridine rings is 1. The fraction of sp³-hybridized carbons (Fsp3) is 0.182. The Morgan fingerprint density at radius 1 is 1.03 bits per heavy atom. The number of nitrogens with zero attached hydrogens (tertiary/aromatic N) is 2. The molecule has 0 fully saturated rings. The van der Waals surface area contributed by atoms with E-state index in [-0.39, 0.29) is 17.3 Å². The molecule has 0 radical (unpaired) electrons. The van der Waals surface area contributed by atoms with Gasteiger partial charge in [-0.3, -0.25) is 9.78 Å². The van der Waals surface area contributed by atoms with Crippen LogP contribution in [0.25, 0.3) is 0 Å². The van der Waals surface area contributed by atoms with Crippen LogP contribution in [0.4, 0.5) is 24.5 Å². The molecule has 1 N–H and O–H groups in total. The smallest absolute Gasteiger partial charge is 0.355 e. The molecule has 0 bridgehead atoms. The third-order valence-electron chi connectivity index (χ3n) is 4.38. The molecule has 0 aliphatic carbocycles. The van der Waals surface area contributed by atoms with Crippen molar-refractivity contribution in [1.82, 2.24) is 9.88 Å². The molecule has 0 saturated carbocycles. The predicted molar refractivity (Wildman–Crippen MR) is 106 cm³/mol. The number of hydrogen-bond acceptors (Lipinski definition) is 3. The largest absolute Gasteiger partial charge is 0.418 e. The lowest BCUT2D eigenvalue weighted by atomic mass is 10.1. The van der Waals surface area contributed by atoms with Gasteiger partial charge in [-0.25, -0.2) is 0 Å². The fourth-order valence-corrected chi connectivity index (χ4v) is 2.91. The highest BCUT2D eigenvalue weighted by molar-refractivity contribution is 5.93. The molecule has 2 aromatic carbocycles. The van der Waals surface area contributed by atoms with E-state index < -0.39 is 11.7 Å². The van der Waals surface area contributed by atoms with E-state index in [1.54, 1.807) is 4.90 Å². The Balaban J connectivity index is 1.81. The number of para-hydroxylation sites is 1. The van der Waals surface area contributed by atoms with Crippen LogP contribution in [0, 0.1) is 0 Å². The molecule has 0 spiro atoms. The van der Waals surface area contributed by atoms with Gasteiger partial charge in [-0.2, -0.15) is 13.2 Å². The Hall–Kier alpha value is -3.35. The summed E-state index contributed by atoms with van der Waals surface area (Å²) in [7, 11) is 0. The average molecular weight is 399 g/mol. The molecule has 0 aliphatic rings. The van der Waals surface area contributed by atoms with Gasteiger partial charge >= 0.3 is 6.18 Å². The molecule has 4 nitrogen and oxygen atoms in total. The average Bonchev–Trinajstić information content (AvgIpc) is 2.72. The summed E-state index contributed by atoms with van der Waals surface area (Å²) in [5.74, 6) is -0.288. The zero-order valence-electron chi connectivity index (χ0n) is 15.8. The van der Waals surface area contributed by atoms with Crippen LogP contribution in [-0.2, 0) is 12.7 Å². The first-order valence-corrected chi connectivity index (χ1v) is 9.11. The normalized spacial score (nSPS) is 11.2. The number of aromatic nitrogens is 1. The van der Waals surface area contributed by atoms with Crippen LogP contribution in [0.3, 0.4) is 0 Å². The Bertz CT molecular complexity index is 974. The second-order valence-corrected chi connectivity index (χ2v) is 6.40. The number of hydrogen-bond donors (Lipinski definition) is 1. The molecule has 0 saturated heterocycles. The minimum Gasteiger partial charge on any atom is -0.355 e. The van der Waals surface area contributed by atoms with Crippen LogP contribution in [0.15, 0.2) is 72.9 Å². The Labute approximate surface area is 167 Å². The minimum atomic E-state index is -4.48. The van der Waals surface area contributed by atoms with Gasteiger partial charge in [0.25, 0.3) is 5.91 Å². The third kappa shape index (κ3) is 5.13. The van der Waals surface area contributed by atoms with Gasteiger partial charge in [0.15, 0.2) is 0 Å². The number of benzene rings is 2. The third-order valence-corrected chi connectivity index (χ3v) is 4.38. The van der Waals surface area contributed by atoms with Crippen LogP contribution in [0.5, 0.6) is 0 Å². The molecule has 0 atom stereocenters. The summed E-state index contributed by atoms with van der Waals surface area (Å²) in [5, 5.41) is 2.75. The summed E-state index contributed by atoms with van der Waals surface area (Å²) >= 11 is 0. The van der Waals surface area contributed by atoms with E-state index in [4.69, 9.17) is 0 Å². The van der Waals surface area contributed by atoms with Gasteiger partial charge in [0, 0.05) is 25.0 Å². The number of carbonyl (C=O) groups excluding carboxylic acids is 1. The van der Waals surface area contributed by atoms with E-state index in [1.807, 2.05) is 37.3 Å². The maximum Gasteiger partial charge on any atom is 0.418 e. The maximum atomic E-state index is 13.2. The standard InChI is InChI=1S/C22H20F3N3O/c1-2-28(15-16-8-4-3-5-9-16)21(29)20-14-17(12-13-26-20)27-19-11-7-6-10-18(19)22(23,24)25/h3-14H,2,15H2,1H3,(H,26,27). The Kier molecular flexibility index (Phi) is 6.16. The van der Waals surface area contributed by atoms with Crippen LogP contribution in [-0.4, -0.2) is 22.3 Å². The number of anilines is 2.